The first-order valence-electron chi connectivity index (χ1n) is 6.57. The number of hydrogen-bond acceptors (Lipinski definition) is 2. The van der Waals surface area contributed by atoms with Crippen LogP contribution in [0.5, 0.6) is 0 Å². The van der Waals surface area contributed by atoms with Crippen LogP contribution in [0, 0.1) is 11.8 Å². The van der Waals surface area contributed by atoms with Gasteiger partial charge in [-0.25, -0.2) is 4.98 Å². The Labute approximate surface area is 127 Å². The minimum Gasteiger partial charge on any atom is -0.349 e. The van der Waals surface area contributed by atoms with Crippen molar-refractivity contribution in [3.8, 4) is 0 Å². The van der Waals surface area contributed by atoms with E-state index in [1.54, 1.807) is 12.3 Å². The minimum atomic E-state index is -0.134. The monoisotopic (exact) mass is 344 g/mol. The molecule has 1 aliphatic carbocycles. The van der Waals surface area contributed by atoms with Crippen molar-refractivity contribution in [2.75, 3.05) is 0 Å². The first kappa shape index (κ1) is 14.8. The molecule has 2 unspecified atom stereocenters. The summed E-state index contributed by atoms with van der Waals surface area (Å²) in [6, 6.07) is 1.95. The van der Waals surface area contributed by atoms with E-state index >= 15 is 0 Å². The molecule has 0 aliphatic heterocycles. The number of pyridine rings is 1. The Hall–Kier alpha value is -0.610. The summed E-state index contributed by atoms with van der Waals surface area (Å²) in [4.78, 5) is 16.2. The second kappa shape index (κ2) is 6.23. The number of nitrogens with zero attached hydrogens (tertiary/aromatic N) is 1. The lowest BCUT2D eigenvalue weighted by atomic mass is 9.80. The average molecular weight is 346 g/mol. The van der Waals surface area contributed by atoms with Crippen molar-refractivity contribution in [3.63, 3.8) is 0 Å². The molecule has 5 heteroatoms. The fourth-order valence-electron chi connectivity index (χ4n) is 2.91. The molecule has 1 aromatic rings. The maximum atomic E-state index is 12.2. The van der Waals surface area contributed by atoms with Crippen LogP contribution in [0.1, 0.15) is 43.5 Å². The van der Waals surface area contributed by atoms with Crippen LogP contribution in [0.15, 0.2) is 16.7 Å². The number of hydrogen-bond donors (Lipinski definition) is 1. The molecule has 1 aliphatic rings. The van der Waals surface area contributed by atoms with Crippen molar-refractivity contribution in [1.82, 2.24) is 10.3 Å². The van der Waals surface area contributed by atoms with E-state index in [1.165, 1.54) is 6.42 Å². The summed E-state index contributed by atoms with van der Waals surface area (Å²) in [6.45, 7) is 4.48. The molecule has 0 spiro atoms. The van der Waals surface area contributed by atoms with Crippen molar-refractivity contribution >= 4 is 33.4 Å². The van der Waals surface area contributed by atoms with Crippen molar-refractivity contribution in [2.24, 2.45) is 11.8 Å². The highest BCUT2D eigenvalue weighted by molar-refractivity contribution is 9.10. The van der Waals surface area contributed by atoms with E-state index in [2.05, 4.69) is 40.1 Å². The van der Waals surface area contributed by atoms with Crippen molar-refractivity contribution < 1.29 is 4.79 Å². The molecule has 3 nitrogen and oxygen atoms in total. The van der Waals surface area contributed by atoms with Gasteiger partial charge in [0.05, 0.1) is 5.56 Å². The quantitative estimate of drug-likeness (QED) is 0.822. The fourth-order valence-corrected chi connectivity index (χ4v) is 3.43. The highest BCUT2D eigenvalue weighted by Gasteiger charge is 2.26. The minimum absolute atomic E-state index is 0.134. The summed E-state index contributed by atoms with van der Waals surface area (Å²) in [5.74, 6) is 1.18. The van der Waals surface area contributed by atoms with E-state index in [1.807, 2.05) is 0 Å². The third-order valence-electron chi connectivity index (χ3n) is 3.56. The molecule has 0 saturated heterocycles. The van der Waals surface area contributed by atoms with Gasteiger partial charge in [-0.3, -0.25) is 4.79 Å². The topological polar surface area (TPSA) is 42.0 Å². The largest absolute Gasteiger partial charge is 0.349 e. The number of nitrogens with one attached hydrogen (secondary N) is 1. The van der Waals surface area contributed by atoms with Crippen molar-refractivity contribution in [3.05, 3.63) is 27.5 Å². The van der Waals surface area contributed by atoms with E-state index in [9.17, 15) is 4.79 Å². The first-order valence-corrected chi connectivity index (χ1v) is 7.74. The van der Waals surface area contributed by atoms with Gasteiger partial charge in [-0.15, -0.1) is 0 Å². The smallest absolute Gasteiger partial charge is 0.254 e. The van der Waals surface area contributed by atoms with Crippen LogP contribution >= 0.6 is 27.5 Å². The number of amides is 1. The van der Waals surface area contributed by atoms with Gasteiger partial charge in [-0.05, 0) is 53.1 Å². The van der Waals surface area contributed by atoms with Gasteiger partial charge in [0.25, 0.3) is 5.91 Å². The van der Waals surface area contributed by atoms with Crippen LogP contribution in [0.2, 0.25) is 5.15 Å². The van der Waals surface area contributed by atoms with Crippen molar-refractivity contribution in [1.29, 1.82) is 0 Å². The van der Waals surface area contributed by atoms with Gasteiger partial charge in [-0.2, -0.15) is 0 Å². The molecule has 104 valence electrons. The molecule has 0 radical (unpaired) electrons. The molecule has 1 fully saturated rings. The van der Waals surface area contributed by atoms with E-state index in [0.29, 0.717) is 17.4 Å². The van der Waals surface area contributed by atoms with Gasteiger partial charge in [0, 0.05) is 16.7 Å². The zero-order valence-electron chi connectivity index (χ0n) is 11.1. The highest BCUT2D eigenvalue weighted by Crippen LogP contribution is 2.29. The SMILES string of the molecule is CC1CC(C)CC(NC(=O)c2cc(Br)cnc2Cl)C1. The Bertz CT molecular complexity index is 471. The third kappa shape index (κ3) is 3.93. The second-order valence-corrected chi connectivity index (χ2v) is 6.85. The number of aromatic nitrogens is 1. The zero-order chi connectivity index (χ0) is 14.0. The van der Waals surface area contributed by atoms with Crippen LogP contribution < -0.4 is 5.32 Å². The summed E-state index contributed by atoms with van der Waals surface area (Å²) < 4.78 is 0.757. The lowest BCUT2D eigenvalue weighted by Crippen LogP contribution is -2.40. The first-order chi connectivity index (χ1) is 8.95. The summed E-state index contributed by atoms with van der Waals surface area (Å²) in [5.41, 5.74) is 0.432. The molecule has 1 saturated carbocycles. The lowest BCUT2D eigenvalue weighted by molar-refractivity contribution is 0.0911. The number of carbonyl (C=O) groups is 1. The Balaban J connectivity index is 2.06. The standard InChI is InChI=1S/C14H18BrClN2O/c1-8-3-9(2)5-11(4-8)18-14(19)12-6-10(15)7-17-13(12)16/h6-9,11H,3-5H2,1-2H3,(H,18,19). The van der Waals surface area contributed by atoms with Crippen LogP contribution in [0.25, 0.3) is 0 Å². The number of halogens is 2. The summed E-state index contributed by atoms with van der Waals surface area (Å²) in [6.07, 6.45) is 4.90. The van der Waals surface area contributed by atoms with E-state index in [0.717, 1.165) is 17.3 Å². The van der Waals surface area contributed by atoms with Gasteiger partial charge >= 0.3 is 0 Å². The Morgan fingerprint density at radius 3 is 2.63 bits per heavy atom. The van der Waals surface area contributed by atoms with Gasteiger partial charge in [-0.1, -0.05) is 25.4 Å². The molecule has 19 heavy (non-hydrogen) atoms. The third-order valence-corrected chi connectivity index (χ3v) is 4.30. The Morgan fingerprint density at radius 1 is 1.37 bits per heavy atom. The molecule has 0 bridgehead atoms. The Morgan fingerprint density at radius 2 is 2.00 bits per heavy atom. The lowest BCUT2D eigenvalue weighted by Gasteiger charge is -2.32. The summed E-state index contributed by atoms with van der Waals surface area (Å²) in [5, 5.41) is 3.33. The molecule has 1 amide bonds. The fraction of sp³-hybridized carbons (Fsp3) is 0.571. The van der Waals surface area contributed by atoms with Gasteiger partial charge < -0.3 is 5.32 Å². The maximum absolute atomic E-state index is 12.2. The molecular weight excluding hydrogens is 328 g/mol. The number of carbonyl (C=O) groups excluding carboxylic acids is 1. The van der Waals surface area contributed by atoms with Crippen LogP contribution in [0.4, 0.5) is 0 Å². The number of rotatable bonds is 2. The van der Waals surface area contributed by atoms with E-state index in [-0.39, 0.29) is 17.1 Å². The van der Waals surface area contributed by atoms with Crippen LogP contribution in [0.3, 0.4) is 0 Å². The van der Waals surface area contributed by atoms with Crippen LogP contribution in [-0.4, -0.2) is 16.9 Å². The molecule has 1 N–H and O–H groups in total. The summed E-state index contributed by atoms with van der Waals surface area (Å²) in [7, 11) is 0. The van der Waals surface area contributed by atoms with E-state index in [4.69, 9.17) is 11.6 Å². The Kier molecular flexibility index (Phi) is 4.85. The van der Waals surface area contributed by atoms with Crippen LogP contribution in [-0.2, 0) is 0 Å². The highest BCUT2D eigenvalue weighted by atomic mass is 79.9. The molecule has 2 rings (SSSR count). The normalized spacial score (nSPS) is 27.1. The zero-order valence-corrected chi connectivity index (χ0v) is 13.5. The predicted molar refractivity (Wildman–Crippen MR) is 80.4 cm³/mol. The summed E-state index contributed by atoms with van der Waals surface area (Å²) >= 11 is 9.28. The van der Waals surface area contributed by atoms with Crippen molar-refractivity contribution in [2.45, 2.75) is 39.2 Å². The molecule has 1 aromatic heterocycles. The maximum Gasteiger partial charge on any atom is 0.254 e. The molecule has 1 heterocycles. The molecule has 0 aromatic carbocycles. The predicted octanol–water partition coefficient (Wildman–Crippen LogP) is 4.05. The van der Waals surface area contributed by atoms with Gasteiger partial charge in [0.1, 0.15) is 5.15 Å². The van der Waals surface area contributed by atoms with E-state index < -0.39 is 0 Å². The van der Waals surface area contributed by atoms with Gasteiger partial charge in [0.15, 0.2) is 0 Å². The second-order valence-electron chi connectivity index (χ2n) is 5.58. The average Bonchev–Trinajstić information content (AvgIpc) is 2.30. The molecular formula is C14H18BrClN2O. The molecule has 2 atom stereocenters. The van der Waals surface area contributed by atoms with Gasteiger partial charge in [0.2, 0.25) is 0 Å².